The van der Waals surface area contributed by atoms with E-state index in [0.717, 1.165) is 10.2 Å². The summed E-state index contributed by atoms with van der Waals surface area (Å²) in [5.41, 5.74) is 1.33. The highest BCUT2D eigenvalue weighted by Gasteiger charge is 2.17. The fourth-order valence-electron chi connectivity index (χ4n) is 2.19. The molecule has 120 valence electrons. The van der Waals surface area contributed by atoms with Crippen molar-refractivity contribution >= 4 is 21.8 Å². The first kappa shape index (κ1) is 15.5. The zero-order chi connectivity index (χ0) is 16.4. The van der Waals surface area contributed by atoms with Gasteiger partial charge in [-0.05, 0) is 28.1 Å². The Balaban J connectivity index is 1.69. The number of hydrogen-bond donors (Lipinski definition) is 0. The zero-order valence-electron chi connectivity index (χ0n) is 12.8. The summed E-state index contributed by atoms with van der Waals surface area (Å²) in [6.45, 7) is 0.916. The summed E-state index contributed by atoms with van der Waals surface area (Å²) >= 11 is 3.44. The average Bonchev–Trinajstić information content (AvgIpc) is 3.26. The number of carbonyl (C=O) groups excluding carboxylic acids is 1. The molecule has 3 aromatic heterocycles. The SMILES string of the molecule is CN(Cc1c(Br)cnn1C)C(=O)c1ccn(Cn2cccn2)n1. The van der Waals surface area contributed by atoms with E-state index in [2.05, 4.69) is 31.2 Å². The second-order valence-corrected chi connectivity index (χ2v) is 6.01. The Kier molecular flexibility index (Phi) is 4.28. The third-order valence-corrected chi connectivity index (χ3v) is 4.12. The standard InChI is InChI=1S/C14H16BrN7O/c1-19(9-13-11(15)8-17-20(13)2)14(23)12-4-7-22(18-12)10-21-6-3-5-16-21/h3-8H,9-10H2,1-2H3. The molecule has 0 aliphatic rings. The fraction of sp³-hybridized carbons (Fsp3) is 0.286. The first-order chi connectivity index (χ1) is 11.0. The molecule has 3 rings (SSSR count). The van der Waals surface area contributed by atoms with Gasteiger partial charge >= 0.3 is 0 Å². The van der Waals surface area contributed by atoms with Crippen LogP contribution < -0.4 is 0 Å². The second-order valence-electron chi connectivity index (χ2n) is 5.15. The number of halogens is 1. The summed E-state index contributed by atoms with van der Waals surface area (Å²) in [5.74, 6) is -0.141. The first-order valence-electron chi connectivity index (χ1n) is 6.97. The third-order valence-electron chi connectivity index (χ3n) is 3.45. The van der Waals surface area contributed by atoms with E-state index in [0.29, 0.717) is 18.9 Å². The van der Waals surface area contributed by atoms with Crippen molar-refractivity contribution in [2.75, 3.05) is 7.05 Å². The first-order valence-corrected chi connectivity index (χ1v) is 7.76. The molecule has 3 aromatic rings. The molecule has 1 amide bonds. The molecule has 0 spiro atoms. The largest absolute Gasteiger partial charge is 0.334 e. The normalized spacial score (nSPS) is 10.9. The lowest BCUT2D eigenvalue weighted by Crippen LogP contribution is -2.28. The van der Waals surface area contributed by atoms with Crippen molar-refractivity contribution in [3.05, 3.63) is 52.8 Å². The summed E-state index contributed by atoms with van der Waals surface area (Å²) in [6.07, 6.45) is 7.03. The Bertz CT molecular complexity index is 786. The topological polar surface area (TPSA) is 73.8 Å². The molecule has 23 heavy (non-hydrogen) atoms. The Hall–Kier alpha value is -2.42. The molecular formula is C14H16BrN7O. The number of nitrogens with zero attached hydrogens (tertiary/aromatic N) is 7. The van der Waals surface area contributed by atoms with Crippen LogP contribution in [0.5, 0.6) is 0 Å². The van der Waals surface area contributed by atoms with Gasteiger partial charge in [0.15, 0.2) is 0 Å². The van der Waals surface area contributed by atoms with Gasteiger partial charge in [-0.2, -0.15) is 15.3 Å². The van der Waals surface area contributed by atoms with Gasteiger partial charge in [0.1, 0.15) is 12.4 Å². The molecule has 0 saturated heterocycles. The van der Waals surface area contributed by atoms with Crippen LogP contribution in [0.15, 0.2) is 41.4 Å². The Morgan fingerprint density at radius 1 is 1.30 bits per heavy atom. The van der Waals surface area contributed by atoms with Crippen LogP contribution in [0.2, 0.25) is 0 Å². The molecule has 0 bridgehead atoms. The number of aromatic nitrogens is 6. The van der Waals surface area contributed by atoms with Gasteiger partial charge in [-0.1, -0.05) is 0 Å². The van der Waals surface area contributed by atoms with Gasteiger partial charge in [-0.25, -0.2) is 0 Å². The number of carbonyl (C=O) groups is 1. The molecule has 8 nitrogen and oxygen atoms in total. The number of amides is 1. The van der Waals surface area contributed by atoms with E-state index < -0.39 is 0 Å². The van der Waals surface area contributed by atoms with E-state index >= 15 is 0 Å². The molecule has 0 N–H and O–H groups in total. The minimum atomic E-state index is -0.141. The van der Waals surface area contributed by atoms with E-state index in [9.17, 15) is 4.79 Å². The van der Waals surface area contributed by atoms with Gasteiger partial charge in [0.05, 0.1) is 22.9 Å². The molecule has 9 heteroatoms. The minimum absolute atomic E-state index is 0.141. The fourth-order valence-corrected chi connectivity index (χ4v) is 2.67. The maximum atomic E-state index is 12.5. The van der Waals surface area contributed by atoms with Crippen molar-refractivity contribution in [3.63, 3.8) is 0 Å². The molecule has 0 atom stereocenters. The van der Waals surface area contributed by atoms with Gasteiger partial charge < -0.3 is 4.90 Å². The van der Waals surface area contributed by atoms with Crippen molar-refractivity contribution in [2.24, 2.45) is 7.05 Å². The highest BCUT2D eigenvalue weighted by atomic mass is 79.9. The van der Waals surface area contributed by atoms with E-state index in [-0.39, 0.29) is 5.91 Å². The molecule has 0 unspecified atom stereocenters. The molecule has 0 saturated carbocycles. The average molecular weight is 378 g/mol. The minimum Gasteiger partial charge on any atom is -0.334 e. The van der Waals surface area contributed by atoms with Crippen LogP contribution in [0.4, 0.5) is 0 Å². The highest BCUT2D eigenvalue weighted by Crippen LogP contribution is 2.17. The van der Waals surface area contributed by atoms with Crippen LogP contribution in [0.25, 0.3) is 0 Å². The quantitative estimate of drug-likeness (QED) is 0.672. The monoisotopic (exact) mass is 377 g/mol. The van der Waals surface area contributed by atoms with Gasteiger partial charge in [0.2, 0.25) is 0 Å². The summed E-state index contributed by atoms with van der Waals surface area (Å²) in [7, 11) is 3.59. The number of aryl methyl sites for hydroxylation is 1. The lowest BCUT2D eigenvalue weighted by molar-refractivity contribution is 0.0774. The van der Waals surface area contributed by atoms with Crippen LogP contribution in [0.3, 0.4) is 0 Å². The lowest BCUT2D eigenvalue weighted by Gasteiger charge is -2.16. The maximum Gasteiger partial charge on any atom is 0.274 e. The Morgan fingerprint density at radius 2 is 2.13 bits per heavy atom. The molecular weight excluding hydrogens is 362 g/mol. The smallest absolute Gasteiger partial charge is 0.274 e. The summed E-state index contributed by atoms with van der Waals surface area (Å²) in [5, 5.41) is 12.6. The Morgan fingerprint density at radius 3 is 2.78 bits per heavy atom. The van der Waals surface area contributed by atoms with Crippen LogP contribution in [0.1, 0.15) is 16.2 Å². The van der Waals surface area contributed by atoms with Gasteiger partial charge in [-0.15, -0.1) is 0 Å². The second kappa shape index (κ2) is 6.37. The van der Waals surface area contributed by atoms with Crippen molar-refractivity contribution in [3.8, 4) is 0 Å². The highest BCUT2D eigenvalue weighted by molar-refractivity contribution is 9.10. The van der Waals surface area contributed by atoms with Crippen molar-refractivity contribution < 1.29 is 4.79 Å². The van der Waals surface area contributed by atoms with E-state index in [1.807, 2.05) is 19.3 Å². The maximum absolute atomic E-state index is 12.5. The summed E-state index contributed by atoms with van der Waals surface area (Å²) in [6, 6.07) is 3.55. The van der Waals surface area contributed by atoms with Crippen LogP contribution in [-0.4, -0.2) is 47.2 Å². The predicted octanol–water partition coefficient (Wildman–Crippen LogP) is 1.35. The van der Waals surface area contributed by atoms with Crippen molar-refractivity contribution in [1.82, 2.24) is 34.2 Å². The lowest BCUT2D eigenvalue weighted by atomic mass is 10.3. The molecule has 0 fully saturated rings. The van der Waals surface area contributed by atoms with Gasteiger partial charge in [0, 0.05) is 32.7 Å². The molecule has 0 radical (unpaired) electrons. The summed E-state index contributed by atoms with van der Waals surface area (Å²) in [4.78, 5) is 14.1. The number of rotatable bonds is 5. The third kappa shape index (κ3) is 3.34. The van der Waals surface area contributed by atoms with E-state index in [4.69, 9.17) is 0 Å². The Labute approximate surface area is 141 Å². The van der Waals surface area contributed by atoms with E-state index in [1.165, 1.54) is 0 Å². The van der Waals surface area contributed by atoms with Crippen molar-refractivity contribution in [1.29, 1.82) is 0 Å². The van der Waals surface area contributed by atoms with Gasteiger partial charge in [-0.3, -0.25) is 18.8 Å². The summed E-state index contributed by atoms with van der Waals surface area (Å²) < 4.78 is 6.03. The van der Waals surface area contributed by atoms with Crippen LogP contribution >= 0.6 is 15.9 Å². The van der Waals surface area contributed by atoms with Gasteiger partial charge in [0.25, 0.3) is 5.91 Å². The van der Waals surface area contributed by atoms with Crippen LogP contribution in [-0.2, 0) is 20.3 Å². The molecule has 0 aliphatic heterocycles. The predicted molar refractivity (Wildman–Crippen MR) is 86.6 cm³/mol. The van der Waals surface area contributed by atoms with Crippen LogP contribution in [0, 0.1) is 0 Å². The zero-order valence-corrected chi connectivity index (χ0v) is 14.4. The van der Waals surface area contributed by atoms with Crippen molar-refractivity contribution in [2.45, 2.75) is 13.2 Å². The molecule has 0 aliphatic carbocycles. The van der Waals surface area contributed by atoms with E-state index in [1.54, 1.807) is 50.6 Å². The molecule has 3 heterocycles. The number of hydrogen-bond acceptors (Lipinski definition) is 4. The molecule has 0 aromatic carbocycles.